The van der Waals surface area contributed by atoms with Crippen molar-refractivity contribution in [3.05, 3.63) is 86.8 Å². The van der Waals surface area contributed by atoms with Crippen LogP contribution in [0.25, 0.3) is 5.69 Å². The molecule has 7 nitrogen and oxygen atoms in total. The van der Waals surface area contributed by atoms with Crippen molar-refractivity contribution in [2.75, 3.05) is 6.61 Å². The van der Waals surface area contributed by atoms with E-state index in [2.05, 4.69) is 5.10 Å². The van der Waals surface area contributed by atoms with Gasteiger partial charge in [0.05, 0.1) is 11.1 Å². The van der Waals surface area contributed by atoms with Crippen LogP contribution in [0.5, 0.6) is 5.75 Å². The van der Waals surface area contributed by atoms with Crippen LogP contribution < -0.4 is 11.3 Å². The van der Waals surface area contributed by atoms with Crippen LogP contribution in [0.4, 0.5) is 17.6 Å². The van der Waals surface area contributed by atoms with Crippen molar-refractivity contribution in [2.24, 2.45) is 5.73 Å². The summed E-state index contributed by atoms with van der Waals surface area (Å²) in [5.41, 5.74) is 0.741. The van der Waals surface area contributed by atoms with Crippen LogP contribution in [0.15, 0.2) is 47.3 Å². The molecule has 4 N–H and O–H groups in total. The number of para-hydroxylation sites is 1. The summed E-state index contributed by atoms with van der Waals surface area (Å²) in [7, 11) is 0. The van der Waals surface area contributed by atoms with E-state index < -0.39 is 69.7 Å². The first-order valence-corrected chi connectivity index (χ1v) is 9.19. The molecule has 1 heterocycles. The Morgan fingerprint density at radius 3 is 2.44 bits per heavy atom. The molecule has 0 aliphatic rings. The summed E-state index contributed by atoms with van der Waals surface area (Å²) in [4.78, 5) is 24.9. The van der Waals surface area contributed by atoms with Gasteiger partial charge in [-0.25, -0.2) is 8.78 Å². The van der Waals surface area contributed by atoms with Crippen molar-refractivity contribution in [3.63, 3.8) is 0 Å². The minimum atomic E-state index is -3.91. The molecule has 32 heavy (non-hydrogen) atoms. The number of halogens is 4. The summed E-state index contributed by atoms with van der Waals surface area (Å²) in [5.74, 6) is -9.86. The molecule has 0 unspecified atom stereocenters. The topological polar surface area (TPSA) is 118 Å². The zero-order valence-electron chi connectivity index (χ0n) is 16.5. The molecule has 1 aromatic heterocycles. The first kappa shape index (κ1) is 22.9. The Labute approximate surface area is 178 Å². The van der Waals surface area contributed by atoms with Gasteiger partial charge in [0, 0.05) is 5.92 Å². The second-order valence-electron chi connectivity index (χ2n) is 6.94. The molecule has 0 aliphatic heterocycles. The van der Waals surface area contributed by atoms with Crippen molar-refractivity contribution in [2.45, 2.75) is 18.8 Å². The number of benzene rings is 2. The van der Waals surface area contributed by atoms with Gasteiger partial charge in [0.25, 0.3) is 17.4 Å². The second-order valence-corrected chi connectivity index (χ2v) is 6.94. The highest BCUT2D eigenvalue weighted by Gasteiger charge is 2.36. The van der Waals surface area contributed by atoms with Crippen molar-refractivity contribution in [1.29, 1.82) is 0 Å². The van der Waals surface area contributed by atoms with E-state index in [-0.39, 0.29) is 5.69 Å². The number of alkyl halides is 2. The van der Waals surface area contributed by atoms with Crippen LogP contribution in [0, 0.1) is 11.6 Å². The number of carbonyl (C=O) groups excluding carboxylic acids is 1. The summed E-state index contributed by atoms with van der Waals surface area (Å²) < 4.78 is 57.6. The Morgan fingerprint density at radius 1 is 1.19 bits per heavy atom. The Bertz CT molecular complexity index is 1260. The maximum absolute atomic E-state index is 15.0. The number of hydrogen-bond acceptors (Lipinski definition) is 5. The largest absolute Gasteiger partial charge is 0.505 e. The maximum atomic E-state index is 15.0. The second kappa shape index (κ2) is 8.42. The molecule has 0 bridgehead atoms. The standard InChI is InChI=1S/C21H17F4N3O4/c1-10(11-5-4-6-12(16(11)23)21(24,25)9-29)15-18(30)17(19(26)31)27-28(20(15)32)14-8-3-2-7-13(14)22/h2-8,10,29-30H,9H2,1H3,(H2,26,31)/t10-/m0/s1. The van der Waals surface area contributed by atoms with E-state index in [9.17, 15) is 32.3 Å². The average Bonchev–Trinajstić information content (AvgIpc) is 2.74. The van der Waals surface area contributed by atoms with Crippen LogP contribution in [0.2, 0.25) is 0 Å². The number of rotatable bonds is 6. The number of nitrogens with two attached hydrogens (primary N) is 1. The van der Waals surface area contributed by atoms with Crippen LogP contribution >= 0.6 is 0 Å². The molecule has 3 aromatic rings. The molecule has 3 rings (SSSR count). The molecule has 168 valence electrons. The number of carbonyl (C=O) groups is 1. The monoisotopic (exact) mass is 451 g/mol. The zero-order valence-corrected chi connectivity index (χ0v) is 16.5. The summed E-state index contributed by atoms with van der Waals surface area (Å²) in [6.45, 7) is -0.444. The fourth-order valence-corrected chi connectivity index (χ4v) is 3.29. The van der Waals surface area contributed by atoms with Crippen LogP contribution in [-0.4, -0.2) is 32.5 Å². The molecular formula is C21H17F4N3O4. The van der Waals surface area contributed by atoms with Crippen LogP contribution in [0.3, 0.4) is 0 Å². The molecular weight excluding hydrogens is 434 g/mol. The fraction of sp³-hybridized carbons (Fsp3) is 0.190. The van der Waals surface area contributed by atoms with E-state index in [0.29, 0.717) is 4.68 Å². The normalized spacial score (nSPS) is 12.6. The molecule has 0 saturated heterocycles. The third-order valence-corrected chi connectivity index (χ3v) is 4.94. The van der Waals surface area contributed by atoms with Gasteiger partial charge >= 0.3 is 0 Å². The lowest BCUT2D eigenvalue weighted by molar-refractivity contribution is -0.0583. The first-order valence-electron chi connectivity index (χ1n) is 9.19. The molecule has 0 radical (unpaired) electrons. The van der Waals surface area contributed by atoms with Crippen molar-refractivity contribution >= 4 is 5.91 Å². The van der Waals surface area contributed by atoms with E-state index in [1.165, 1.54) is 25.1 Å². The Balaban J connectivity index is 2.32. The molecule has 2 aromatic carbocycles. The molecule has 0 aliphatic carbocycles. The average molecular weight is 451 g/mol. The van der Waals surface area contributed by atoms with Crippen molar-refractivity contribution < 1.29 is 32.6 Å². The molecule has 1 atom stereocenters. The van der Waals surface area contributed by atoms with Crippen molar-refractivity contribution in [1.82, 2.24) is 9.78 Å². The molecule has 0 saturated carbocycles. The SMILES string of the molecule is C[C@@H](c1cccc(C(F)(F)CO)c1F)c1c(O)c(C(N)=O)nn(-c2ccccc2F)c1=O. The number of nitrogens with zero attached hydrogens (tertiary/aromatic N) is 2. The maximum Gasteiger partial charge on any atom is 0.298 e. The number of aliphatic hydroxyl groups excluding tert-OH is 1. The van der Waals surface area contributed by atoms with Gasteiger partial charge in [0.15, 0.2) is 11.4 Å². The highest BCUT2D eigenvalue weighted by Crippen LogP contribution is 2.36. The van der Waals surface area contributed by atoms with Gasteiger partial charge in [0.2, 0.25) is 0 Å². The smallest absolute Gasteiger partial charge is 0.298 e. The van der Waals surface area contributed by atoms with E-state index in [1.54, 1.807) is 0 Å². The summed E-state index contributed by atoms with van der Waals surface area (Å²) in [5, 5.41) is 23.0. The van der Waals surface area contributed by atoms with E-state index in [0.717, 1.165) is 24.3 Å². The van der Waals surface area contributed by atoms with Gasteiger partial charge in [-0.2, -0.15) is 18.6 Å². The third kappa shape index (κ3) is 3.82. The van der Waals surface area contributed by atoms with E-state index >= 15 is 0 Å². The highest BCUT2D eigenvalue weighted by atomic mass is 19.3. The van der Waals surface area contributed by atoms with Gasteiger partial charge in [-0.05, 0) is 23.8 Å². The fourth-order valence-electron chi connectivity index (χ4n) is 3.29. The summed E-state index contributed by atoms with van der Waals surface area (Å²) >= 11 is 0. The van der Waals surface area contributed by atoms with Crippen LogP contribution in [0.1, 0.15) is 40.0 Å². The van der Waals surface area contributed by atoms with E-state index in [4.69, 9.17) is 10.8 Å². The lowest BCUT2D eigenvalue weighted by Crippen LogP contribution is -2.31. The molecule has 0 fully saturated rings. The van der Waals surface area contributed by atoms with Gasteiger partial charge in [-0.1, -0.05) is 31.2 Å². The Morgan fingerprint density at radius 2 is 1.84 bits per heavy atom. The van der Waals surface area contributed by atoms with E-state index in [1.807, 2.05) is 0 Å². The van der Waals surface area contributed by atoms with Gasteiger partial charge < -0.3 is 15.9 Å². The number of aromatic hydroxyl groups is 1. The first-order chi connectivity index (χ1) is 15.0. The summed E-state index contributed by atoms with van der Waals surface area (Å²) in [6.07, 6.45) is 0. The van der Waals surface area contributed by atoms with Gasteiger partial charge in [0.1, 0.15) is 23.9 Å². The van der Waals surface area contributed by atoms with Crippen molar-refractivity contribution in [3.8, 4) is 11.4 Å². The van der Waals surface area contributed by atoms with Gasteiger partial charge in [-0.3, -0.25) is 9.59 Å². The number of primary amides is 1. The highest BCUT2D eigenvalue weighted by molar-refractivity contribution is 5.93. The Hall–Kier alpha value is -3.73. The predicted octanol–water partition coefficient (Wildman–Crippen LogP) is 2.55. The zero-order chi connectivity index (χ0) is 23.8. The minimum Gasteiger partial charge on any atom is -0.505 e. The lowest BCUT2D eigenvalue weighted by Gasteiger charge is -2.20. The quantitative estimate of drug-likeness (QED) is 0.498. The number of hydrogen-bond donors (Lipinski definition) is 3. The molecule has 11 heteroatoms. The predicted molar refractivity (Wildman–Crippen MR) is 105 cm³/mol. The molecule has 0 spiro atoms. The summed E-state index contributed by atoms with van der Waals surface area (Å²) in [6, 6.07) is 7.84. The van der Waals surface area contributed by atoms with Gasteiger partial charge in [-0.15, -0.1) is 0 Å². The number of amides is 1. The minimum absolute atomic E-state index is 0.380. The Kier molecular flexibility index (Phi) is 6.04. The number of aliphatic hydroxyl groups is 1. The lowest BCUT2D eigenvalue weighted by atomic mass is 9.90. The van der Waals surface area contributed by atoms with Crippen LogP contribution in [-0.2, 0) is 5.92 Å². The number of aromatic nitrogens is 2. The molecule has 1 amide bonds. The third-order valence-electron chi connectivity index (χ3n) is 4.94.